The Hall–Kier alpha value is -1.92. The third-order valence-electron chi connectivity index (χ3n) is 3.46. The van der Waals surface area contributed by atoms with Crippen LogP contribution in [0.3, 0.4) is 0 Å². The Labute approximate surface area is 138 Å². The highest BCUT2D eigenvalue weighted by atomic mass is 16.2. The molecule has 0 saturated carbocycles. The third kappa shape index (κ3) is 7.25. The molecule has 0 aliphatic rings. The summed E-state index contributed by atoms with van der Waals surface area (Å²) in [5.74, 6) is -0.232. The summed E-state index contributed by atoms with van der Waals surface area (Å²) < 4.78 is 0. The van der Waals surface area contributed by atoms with Crippen LogP contribution in [0.1, 0.15) is 35.7 Å². The quantitative estimate of drug-likeness (QED) is 0.626. The molecular weight excluding hydrogens is 292 g/mol. The standard InChI is InChI=1S/C17H28N4O2/c1-4-5-15(18)17(23)20-12-13-6-8-14(9-7-13)16(22)19-10-11-21(2)3/h6-9,15H,4-5,10-12,18H2,1-3H3,(H,19,22)(H,20,23). The maximum Gasteiger partial charge on any atom is 0.251 e. The van der Waals surface area contributed by atoms with Gasteiger partial charge < -0.3 is 21.3 Å². The molecule has 1 aromatic rings. The lowest BCUT2D eigenvalue weighted by molar-refractivity contribution is -0.122. The predicted octanol–water partition coefficient (Wildman–Crippen LogP) is 0.722. The van der Waals surface area contributed by atoms with E-state index in [1.54, 1.807) is 12.1 Å². The first-order chi connectivity index (χ1) is 10.9. The van der Waals surface area contributed by atoms with Crippen molar-refractivity contribution in [1.29, 1.82) is 0 Å². The normalized spacial score (nSPS) is 12.0. The van der Waals surface area contributed by atoms with Crippen molar-refractivity contribution in [3.8, 4) is 0 Å². The molecule has 1 unspecified atom stereocenters. The van der Waals surface area contributed by atoms with Gasteiger partial charge in [0.2, 0.25) is 5.91 Å². The van der Waals surface area contributed by atoms with Crippen molar-refractivity contribution >= 4 is 11.8 Å². The fourth-order valence-electron chi connectivity index (χ4n) is 2.03. The number of nitrogens with two attached hydrogens (primary N) is 1. The van der Waals surface area contributed by atoms with Crippen LogP contribution in [-0.4, -0.2) is 49.9 Å². The van der Waals surface area contributed by atoms with Crippen LogP contribution >= 0.6 is 0 Å². The fourth-order valence-corrected chi connectivity index (χ4v) is 2.03. The van der Waals surface area contributed by atoms with Gasteiger partial charge >= 0.3 is 0 Å². The van der Waals surface area contributed by atoms with E-state index in [0.717, 1.165) is 18.5 Å². The van der Waals surface area contributed by atoms with Gasteiger partial charge in [-0.05, 0) is 38.2 Å². The lowest BCUT2D eigenvalue weighted by Crippen LogP contribution is -2.40. The van der Waals surface area contributed by atoms with Crippen LogP contribution in [-0.2, 0) is 11.3 Å². The largest absolute Gasteiger partial charge is 0.351 e. The molecule has 6 heteroatoms. The summed E-state index contributed by atoms with van der Waals surface area (Å²) >= 11 is 0. The number of benzene rings is 1. The smallest absolute Gasteiger partial charge is 0.251 e. The average molecular weight is 320 g/mol. The Morgan fingerprint density at radius 1 is 1.17 bits per heavy atom. The fraction of sp³-hybridized carbons (Fsp3) is 0.529. The lowest BCUT2D eigenvalue weighted by atomic mass is 10.1. The van der Waals surface area contributed by atoms with Crippen LogP contribution in [0.4, 0.5) is 0 Å². The SMILES string of the molecule is CCCC(N)C(=O)NCc1ccc(C(=O)NCCN(C)C)cc1. The van der Waals surface area contributed by atoms with Crippen molar-refractivity contribution in [3.63, 3.8) is 0 Å². The van der Waals surface area contributed by atoms with E-state index >= 15 is 0 Å². The topological polar surface area (TPSA) is 87.5 Å². The molecule has 2 amide bonds. The van der Waals surface area contributed by atoms with Crippen LogP contribution in [0.25, 0.3) is 0 Å². The minimum atomic E-state index is -0.457. The van der Waals surface area contributed by atoms with Crippen LogP contribution in [0.15, 0.2) is 24.3 Å². The van der Waals surface area contributed by atoms with Crippen LogP contribution in [0.5, 0.6) is 0 Å². The molecule has 0 bridgehead atoms. The highest BCUT2D eigenvalue weighted by Gasteiger charge is 2.11. The monoisotopic (exact) mass is 320 g/mol. The second kappa shape index (κ2) is 9.97. The summed E-state index contributed by atoms with van der Waals surface area (Å²) in [6.45, 7) is 3.82. The number of nitrogens with one attached hydrogen (secondary N) is 2. The van der Waals surface area contributed by atoms with Gasteiger partial charge in [0.1, 0.15) is 0 Å². The van der Waals surface area contributed by atoms with Crippen LogP contribution in [0, 0.1) is 0 Å². The summed E-state index contributed by atoms with van der Waals surface area (Å²) in [4.78, 5) is 25.7. The molecule has 0 radical (unpaired) electrons. The maximum atomic E-state index is 11.9. The van der Waals surface area contributed by atoms with Gasteiger partial charge in [-0.2, -0.15) is 0 Å². The van der Waals surface area contributed by atoms with Gasteiger partial charge in [-0.25, -0.2) is 0 Å². The Morgan fingerprint density at radius 3 is 2.39 bits per heavy atom. The summed E-state index contributed by atoms with van der Waals surface area (Å²) in [7, 11) is 3.92. The highest BCUT2D eigenvalue weighted by molar-refractivity contribution is 5.94. The summed E-state index contributed by atoms with van der Waals surface area (Å²) in [6, 6.07) is 6.75. The van der Waals surface area contributed by atoms with Crippen molar-refractivity contribution in [2.45, 2.75) is 32.4 Å². The van der Waals surface area contributed by atoms with Gasteiger partial charge in [-0.15, -0.1) is 0 Å². The van der Waals surface area contributed by atoms with E-state index in [4.69, 9.17) is 5.73 Å². The zero-order valence-electron chi connectivity index (χ0n) is 14.3. The van der Waals surface area contributed by atoms with Crippen LogP contribution < -0.4 is 16.4 Å². The van der Waals surface area contributed by atoms with E-state index in [1.165, 1.54) is 0 Å². The van der Waals surface area contributed by atoms with Gasteiger partial charge in [0.25, 0.3) is 5.91 Å². The van der Waals surface area contributed by atoms with E-state index in [0.29, 0.717) is 25.1 Å². The van der Waals surface area contributed by atoms with Crippen molar-refractivity contribution in [2.75, 3.05) is 27.2 Å². The Balaban J connectivity index is 2.44. The zero-order chi connectivity index (χ0) is 17.2. The van der Waals surface area contributed by atoms with E-state index in [9.17, 15) is 9.59 Å². The van der Waals surface area contributed by atoms with Crippen LogP contribution in [0.2, 0.25) is 0 Å². The summed E-state index contributed by atoms with van der Waals surface area (Å²) in [5.41, 5.74) is 7.30. The van der Waals surface area contributed by atoms with Crippen molar-refractivity contribution in [2.24, 2.45) is 5.73 Å². The van der Waals surface area contributed by atoms with Gasteiger partial charge in [-0.3, -0.25) is 9.59 Å². The minimum Gasteiger partial charge on any atom is -0.351 e. The van der Waals surface area contributed by atoms with E-state index in [1.807, 2.05) is 38.1 Å². The Kier molecular flexibility index (Phi) is 8.29. The molecule has 0 aliphatic heterocycles. The number of rotatable bonds is 9. The van der Waals surface area contributed by atoms with E-state index in [-0.39, 0.29) is 11.8 Å². The van der Waals surface area contributed by atoms with Gasteiger partial charge in [0, 0.05) is 25.2 Å². The molecule has 1 atom stereocenters. The molecule has 23 heavy (non-hydrogen) atoms. The number of carbonyl (C=O) groups excluding carboxylic acids is 2. The van der Waals surface area contributed by atoms with Crippen molar-refractivity contribution < 1.29 is 9.59 Å². The van der Waals surface area contributed by atoms with Gasteiger partial charge in [0.05, 0.1) is 6.04 Å². The third-order valence-corrected chi connectivity index (χ3v) is 3.46. The number of hydrogen-bond donors (Lipinski definition) is 3. The number of amides is 2. The molecule has 6 nitrogen and oxygen atoms in total. The molecule has 0 spiro atoms. The number of carbonyl (C=O) groups is 2. The molecule has 4 N–H and O–H groups in total. The lowest BCUT2D eigenvalue weighted by Gasteiger charge is -2.12. The molecule has 0 aliphatic carbocycles. The molecule has 1 aromatic carbocycles. The van der Waals surface area contributed by atoms with Gasteiger partial charge in [0.15, 0.2) is 0 Å². The minimum absolute atomic E-state index is 0.0904. The molecule has 0 heterocycles. The van der Waals surface area contributed by atoms with Crippen molar-refractivity contribution in [3.05, 3.63) is 35.4 Å². The second-order valence-corrected chi connectivity index (χ2v) is 5.87. The molecule has 0 fully saturated rings. The molecule has 128 valence electrons. The second-order valence-electron chi connectivity index (χ2n) is 5.87. The number of hydrogen-bond acceptors (Lipinski definition) is 4. The van der Waals surface area contributed by atoms with Crippen molar-refractivity contribution in [1.82, 2.24) is 15.5 Å². The summed E-state index contributed by atoms with van der Waals surface area (Å²) in [5, 5.41) is 5.67. The molecular formula is C17H28N4O2. The van der Waals surface area contributed by atoms with E-state index in [2.05, 4.69) is 10.6 Å². The number of nitrogens with zero attached hydrogens (tertiary/aromatic N) is 1. The molecule has 0 aromatic heterocycles. The highest BCUT2D eigenvalue weighted by Crippen LogP contribution is 2.05. The van der Waals surface area contributed by atoms with Gasteiger partial charge in [-0.1, -0.05) is 25.5 Å². The molecule has 0 saturated heterocycles. The Morgan fingerprint density at radius 2 is 1.83 bits per heavy atom. The number of likely N-dealkylation sites (N-methyl/N-ethyl adjacent to an activating group) is 1. The maximum absolute atomic E-state index is 11.9. The first-order valence-corrected chi connectivity index (χ1v) is 7.99. The Bertz CT molecular complexity index is 500. The zero-order valence-corrected chi connectivity index (χ0v) is 14.3. The summed E-state index contributed by atoms with van der Waals surface area (Å²) in [6.07, 6.45) is 1.56. The van der Waals surface area contributed by atoms with E-state index < -0.39 is 6.04 Å². The molecule has 1 rings (SSSR count). The first kappa shape index (κ1) is 19.1. The predicted molar refractivity (Wildman–Crippen MR) is 92.1 cm³/mol. The average Bonchev–Trinajstić information content (AvgIpc) is 2.52. The first-order valence-electron chi connectivity index (χ1n) is 7.99.